The van der Waals surface area contributed by atoms with Crippen molar-refractivity contribution in [1.29, 1.82) is 0 Å². The highest BCUT2D eigenvalue weighted by atomic mass is 32.2. The molecule has 3 atom stereocenters. The fraction of sp³-hybridized carbons (Fsp3) is 0.458. The van der Waals surface area contributed by atoms with Gasteiger partial charge in [-0.05, 0) is 51.3 Å². The summed E-state index contributed by atoms with van der Waals surface area (Å²) in [4.78, 5) is 12.0. The summed E-state index contributed by atoms with van der Waals surface area (Å²) in [6.07, 6.45) is 4.31. The molecule has 170 valence electrons. The van der Waals surface area contributed by atoms with Gasteiger partial charge in [0, 0.05) is 12.1 Å². The summed E-state index contributed by atoms with van der Waals surface area (Å²) >= 11 is 0. The second-order valence-electron chi connectivity index (χ2n) is 7.84. The molecule has 1 saturated carbocycles. The van der Waals surface area contributed by atoms with Gasteiger partial charge in [0.15, 0.2) is 0 Å². The van der Waals surface area contributed by atoms with Crippen LogP contribution in [-0.2, 0) is 19.6 Å². The number of carbonyl (C=O) groups is 1. The SMILES string of the molecule is CCOC(=O)[C@H]1CCCC[C@H]1N[C@H](C)c1ccccc1.Cc1ccc(S(=O)(=O)O)cc1. The maximum absolute atomic E-state index is 12.1. The van der Waals surface area contributed by atoms with Crippen molar-refractivity contribution in [3.63, 3.8) is 0 Å². The molecule has 0 spiro atoms. The molecule has 0 radical (unpaired) electrons. The van der Waals surface area contributed by atoms with Crippen LogP contribution < -0.4 is 5.32 Å². The van der Waals surface area contributed by atoms with E-state index in [0.717, 1.165) is 24.8 Å². The Bertz CT molecular complexity index is 913. The van der Waals surface area contributed by atoms with Crippen molar-refractivity contribution in [3.05, 3.63) is 65.7 Å². The molecule has 7 heteroatoms. The molecule has 1 aliphatic rings. The predicted octanol–water partition coefficient (Wildman–Crippen LogP) is 4.70. The third-order valence-corrected chi connectivity index (χ3v) is 6.31. The Morgan fingerprint density at radius 3 is 2.29 bits per heavy atom. The number of carbonyl (C=O) groups excluding carboxylic acids is 1. The van der Waals surface area contributed by atoms with E-state index in [1.54, 1.807) is 12.1 Å². The minimum atomic E-state index is -4.02. The monoisotopic (exact) mass is 447 g/mol. The summed E-state index contributed by atoms with van der Waals surface area (Å²) in [5.74, 6) is -0.0279. The molecule has 0 aliphatic heterocycles. The number of esters is 1. The first-order chi connectivity index (χ1) is 14.7. The van der Waals surface area contributed by atoms with E-state index in [4.69, 9.17) is 9.29 Å². The maximum atomic E-state index is 12.1. The van der Waals surface area contributed by atoms with Gasteiger partial charge in [-0.15, -0.1) is 0 Å². The Balaban J connectivity index is 0.000000262. The Kier molecular flexibility index (Phi) is 9.68. The van der Waals surface area contributed by atoms with Crippen LogP contribution in [0.5, 0.6) is 0 Å². The predicted molar refractivity (Wildman–Crippen MR) is 121 cm³/mol. The van der Waals surface area contributed by atoms with E-state index in [-0.39, 0.29) is 28.9 Å². The molecule has 1 fully saturated rings. The van der Waals surface area contributed by atoms with Gasteiger partial charge in [-0.1, -0.05) is 60.9 Å². The topological polar surface area (TPSA) is 92.7 Å². The van der Waals surface area contributed by atoms with Gasteiger partial charge in [-0.3, -0.25) is 9.35 Å². The first-order valence-corrected chi connectivity index (χ1v) is 12.2. The van der Waals surface area contributed by atoms with Gasteiger partial charge in [0.25, 0.3) is 10.1 Å². The lowest BCUT2D eigenvalue weighted by Gasteiger charge is -2.33. The van der Waals surface area contributed by atoms with E-state index in [1.165, 1.54) is 24.1 Å². The molecule has 1 aliphatic carbocycles. The van der Waals surface area contributed by atoms with Crippen molar-refractivity contribution >= 4 is 16.1 Å². The second-order valence-corrected chi connectivity index (χ2v) is 9.26. The molecule has 0 bridgehead atoms. The van der Waals surface area contributed by atoms with Crippen LogP contribution in [0.15, 0.2) is 59.5 Å². The largest absolute Gasteiger partial charge is 0.466 e. The summed E-state index contributed by atoms with van der Waals surface area (Å²) in [6.45, 7) is 6.34. The number of ether oxygens (including phenoxy) is 1. The normalized spacial score (nSPS) is 19.6. The van der Waals surface area contributed by atoms with Gasteiger partial charge in [-0.25, -0.2) is 0 Å². The molecule has 0 unspecified atom stereocenters. The summed E-state index contributed by atoms with van der Waals surface area (Å²) < 4.78 is 34.8. The molecule has 3 rings (SSSR count). The molecule has 2 N–H and O–H groups in total. The van der Waals surface area contributed by atoms with Crippen LogP contribution in [0, 0.1) is 12.8 Å². The third-order valence-electron chi connectivity index (χ3n) is 5.44. The van der Waals surface area contributed by atoms with Crippen molar-refractivity contribution < 1.29 is 22.5 Å². The Labute approximate surface area is 185 Å². The average molecular weight is 448 g/mol. The fourth-order valence-electron chi connectivity index (χ4n) is 3.73. The molecule has 0 heterocycles. The summed E-state index contributed by atoms with van der Waals surface area (Å²) in [7, 11) is -4.02. The molecule has 2 aromatic carbocycles. The average Bonchev–Trinajstić information content (AvgIpc) is 2.75. The third kappa shape index (κ3) is 8.09. The van der Waals surface area contributed by atoms with Crippen LogP contribution in [-0.4, -0.2) is 31.6 Å². The zero-order valence-corrected chi connectivity index (χ0v) is 19.3. The molecule has 0 saturated heterocycles. The molecule has 6 nitrogen and oxygen atoms in total. The highest BCUT2D eigenvalue weighted by molar-refractivity contribution is 7.85. The van der Waals surface area contributed by atoms with Crippen molar-refractivity contribution in [2.24, 2.45) is 5.92 Å². The molecular formula is C24H33NO5S. The molecular weight excluding hydrogens is 414 g/mol. The lowest BCUT2D eigenvalue weighted by atomic mass is 9.84. The molecule has 0 amide bonds. The van der Waals surface area contributed by atoms with E-state index in [2.05, 4.69) is 36.5 Å². The smallest absolute Gasteiger partial charge is 0.310 e. The first-order valence-electron chi connectivity index (χ1n) is 10.7. The Morgan fingerprint density at radius 2 is 1.71 bits per heavy atom. The standard InChI is InChI=1S/C17H25NO2.C7H8O3S/c1-3-20-17(19)15-11-7-8-12-16(15)18-13(2)14-9-5-4-6-10-14;1-6-2-4-7(5-3-6)11(8,9)10/h4-6,9-10,13,15-16,18H,3,7-8,11-12H2,1-2H3;2-5H,1H3,(H,8,9,10)/t13-,15+,16-;/m1./s1. The van der Waals surface area contributed by atoms with Crippen LogP contribution in [0.2, 0.25) is 0 Å². The van der Waals surface area contributed by atoms with Crippen LogP contribution in [0.1, 0.15) is 56.7 Å². The summed E-state index contributed by atoms with van der Waals surface area (Å²) in [6, 6.07) is 16.9. The summed E-state index contributed by atoms with van der Waals surface area (Å²) in [5.41, 5.74) is 2.22. The van der Waals surface area contributed by atoms with E-state index >= 15 is 0 Å². The minimum Gasteiger partial charge on any atom is -0.466 e. The van der Waals surface area contributed by atoms with Crippen molar-refractivity contribution in [1.82, 2.24) is 5.32 Å². The number of benzene rings is 2. The van der Waals surface area contributed by atoms with Gasteiger partial charge in [0.2, 0.25) is 0 Å². The number of hydrogen-bond acceptors (Lipinski definition) is 5. The molecule has 31 heavy (non-hydrogen) atoms. The highest BCUT2D eigenvalue weighted by Crippen LogP contribution is 2.27. The zero-order valence-electron chi connectivity index (χ0n) is 18.5. The molecule has 2 aromatic rings. The first kappa shape index (κ1) is 25.0. The lowest BCUT2D eigenvalue weighted by molar-refractivity contribution is -0.150. The molecule has 0 aromatic heterocycles. The van der Waals surface area contributed by atoms with Gasteiger partial charge < -0.3 is 10.1 Å². The highest BCUT2D eigenvalue weighted by Gasteiger charge is 2.32. The lowest BCUT2D eigenvalue weighted by Crippen LogP contribution is -2.43. The van der Waals surface area contributed by atoms with Crippen LogP contribution in [0.25, 0.3) is 0 Å². The Hall–Kier alpha value is -2.22. The Morgan fingerprint density at radius 1 is 1.10 bits per heavy atom. The van der Waals surface area contributed by atoms with Crippen LogP contribution >= 0.6 is 0 Å². The van der Waals surface area contributed by atoms with Gasteiger partial charge in [-0.2, -0.15) is 8.42 Å². The minimum absolute atomic E-state index is 0.00913. The van der Waals surface area contributed by atoms with E-state index < -0.39 is 10.1 Å². The number of rotatable bonds is 6. The van der Waals surface area contributed by atoms with Gasteiger partial charge in [0.05, 0.1) is 17.4 Å². The van der Waals surface area contributed by atoms with Gasteiger partial charge in [0.1, 0.15) is 0 Å². The number of nitrogens with one attached hydrogen (secondary N) is 1. The maximum Gasteiger partial charge on any atom is 0.310 e. The van der Waals surface area contributed by atoms with Crippen LogP contribution in [0.3, 0.4) is 0 Å². The van der Waals surface area contributed by atoms with Crippen molar-refractivity contribution in [2.45, 2.75) is 63.4 Å². The number of hydrogen-bond donors (Lipinski definition) is 2. The van der Waals surface area contributed by atoms with Crippen LogP contribution in [0.4, 0.5) is 0 Å². The number of aryl methyl sites for hydroxylation is 1. The quantitative estimate of drug-likeness (QED) is 0.492. The van der Waals surface area contributed by atoms with Crippen molar-refractivity contribution in [2.75, 3.05) is 6.61 Å². The fourth-order valence-corrected chi connectivity index (χ4v) is 4.21. The van der Waals surface area contributed by atoms with E-state index in [9.17, 15) is 13.2 Å². The zero-order chi connectivity index (χ0) is 22.9. The van der Waals surface area contributed by atoms with E-state index in [1.807, 2.05) is 19.9 Å². The summed E-state index contributed by atoms with van der Waals surface area (Å²) in [5, 5.41) is 3.62. The van der Waals surface area contributed by atoms with Gasteiger partial charge >= 0.3 is 5.97 Å². The van der Waals surface area contributed by atoms with E-state index in [0.29, 0.717) is 6.61 Å². The second kappa shape index (κ2) is 12.0. The van der Waals surface area contributed by atoms with Crippen molar-refractivity contribution in [3.8, 4) is 0 Å².